The van der Waals surface area contributed by atoms with E-state index < -0.39 is 11.8 Å². The fourth-order valence-corrected chi connectivity index (χ4v) is 2.79. The Balaban J connectivity index is 1.53. The Morgan fingerprint density at radius 3 is 2.47 bits per heavy atom. The lowest BCUT2D eigenvalue weighted by Crippen LogP contribution is -2.06. The summed E-state index contributed by atoms with van der Waals surface area (Å²) in [4.78, 5) is 27.1. The topological polar surface area (TPSA) is 65.5 Å². The number of hydrogen-bond donors (Lipinski definition) is 0. The number of halogens is 1. The Hall–Kier alpha value is -3.54. The first-order valence-corrected chi connectivity index (χ1v) is 9.56. The van der Waals surface area contributed by atoms with Gasteiger partial charge in [0.2, 0.25) is 0 Å². The van der Waals surface area contributed by atoms with E-state index in [9.17, 15) is 14.0 Å². The van der Waals surface area contributed by atoms with Gasteiger partial charge in [-0.2, -0.15) is 0 Å². The minimum absolute atomic E-state index is 0.0553. The number of pyridine rings is 1. The fourth-order valence-electron chi connectivity index (χ4n) is 2.79. The third-order valence-corrected chi connectivity index (χ3v) is 4.39. The van der Waals surface area contributed by atoms with Gasteiger partial charge in [0.15, 0.2) is 0 Å². The Bertz CT molecular complexity index is 1020. The molecular formula is C24H22FNO4. The summed E-state index contributed by atoms with van der Waals surface area (Å²) in [6.07, 6.45) is 3.78. The van der Waals surface area contributed by atoms with E-state index >= 15 is 0 Å². The van der Waals surface area contributed by atoms with Gasteiger partial charge in [-0.15, -0.1) is 0 Å². The SMILES string of the molecule is CC(=O)CCc1ccc(OCc2cccc(C(=O)OCc3cncc(F)c3)c2)cc1. The van der Waals surface area contributed by atoms with Crippen LogP contribution >= 0.6 is 0 Å². The number of aromatic nitrogens is 1. The zero-order valence-electron chi connectivity index (χ0n) is 16.6. The van der Waals surface area contributed by atoms with Gasteiger partial charge in [-0.25, -0.2) is 9.18 Å². The number of benzene rings is 2. The first-order chi connectivity index (χ1) is 14.5. The molecule has 0 bridgehead atoms. The maximum absolute atomic E-state index is 13.2. The molecule has 0 saturated carbocycles. The van der Waals surface area contributed by atoms with Crippen LogP contribution in [0.1, 0.15) is 40.4 Å². The van der Waals surface area contributed by atoms with Crippen molar-refractivity contribution in [2.45, 2.75) is 33.0 Å². The molecule has 6 heteroatoms. The van der Waals surface area contributed by atoms with E-state index in [2.05, 4.69) is 4.98 Å². The van der Waals surface area contributed by atoms with Crippen molar-refractivity contribution in [2.75, 3.05) is 0 Å². The predicted octanol–water partition coefficient (Wildman–Crippen LogP) is 4.68. The smallest absolute Gasteiger partial charge is 0.338 e. The van der Waals surface area contributed by atoms with Gasteiger partial charge < -0.3 is 14.3 Å². The number of rotatable bonds is 9. The van der Waals surface area contributed by atoms with Crippen molar-refractivity contribution in [1.29, 1.82) is 0 Å². The standard InChI is InChI=1S/C24H22FNO4/c1-17(27)5-6-18-7-9-23(10-8-18)29-15-19-3-2-4-21(11-19)24(28)30-16-20-12-22(25)14-26-13-20/h2-4,7-14H,5-6,15-16H2,1H3. The summed E-state index contributed by atoms with van der Waals surface area (Å²) in [6.45, 7) is 1.82. The average Bonchev–Trinajstić information content (AvgIpc) is 2.75. The molecule has 0 aliphatic rings. The molecule has 154 valence electrons. The molecule has 30 heavy (non-hydrogen) atoms. The summed E-state index contributed by atoms with van der Waals surface area (Å²) in [5.41, 5.74) is 2.77. The van der Waals surface area contributed by atoms with Crippen LogP contribution in [-0.2, 0) is 29.2 Å². The second-order valence-corrected chi connectivity index (χ2v) is 6.92. The average molecular weight is 407 g/mol. The minimum Gasteiger partial charge on any atom is -0.489 e. The Labute approximate surface area is 174 Å². The zero-order valence-corrected chi connectivity index (χ0v) is 16.6. The molecule has 2 aromatic carbocycles. The summed E-state index contributed by atoms with van der Waals surface area (Å²) < 4.78 is 24.2. The molecular weight excluding hydrogens is 385 g/mol. The number of ketones is 1. The van der Waals surface area contributed by atoms with Crippen LogP contribution in [0.5, 0.6) is 5.75 Å². The number of carbonyl (C=O) groups excluding carboxylic acids is 2. The summed E-state index contributed by atoms with van der Waals surface area (Å²) in [5.74, 6) is -0.111. The first kappa shape index (κ1) is 21.2. The fraction of sp³-hybridized carbons (Fsp3) is 0.208. The molecule has 3 aromatic rings. The van der Waals surface area contributed by atoms with E-state index in [-0.39, 0.29) is 12.4 Å². The van der Waals surface area contributed by atoms with Gasteiger partial charge in [0.1, 0.15) is 30.6 Å². The summed E-state index contributed by atoms with van der Waals surface area (Å²) >= 11 is 0. The molecule has 0 spiro atoms. The normalized spacial score (nSPS) is 10.5. The quantitative estimate of drug-likeness (QED) is 0.482. The van der Waals surface area contributed by atoms with Gasteiger partial charge in [0, 0.05) is 18.2 Å². The number of nitrogens with zero attached hydrogens (tertiary/aromatic N) is 1. The van der Waals surface area contributed by atoms with Gasteiger partial charge in [0.25, 0.3) is 0 Å². The maximum Gasteiger partial charge on any atom is 0.338 e. The lowest BCUT2D eigenvalue weighted by Gasteiger charge is -2.09. The number of hydrogen-bond acceptors (Lipinski definition) is 5. The molecule has 3 rings (SSSR count). The number of esters is 1. The van der Waals surface area contributed by atoms with Crippen molar-refractivity contribution >= 4 is 11.8 Å². The largest absolute Gasteiger partial charge is 0.489 e. The van der Waals surface area contributed by atoms with Crippen LogP contribution in [0.4, 0.5) is 4.39 Å². The molecule has 0 N–H and O–H groups in total. The molecule has 0 aliphatic carbocycles. The monoisotopic (exact) mass is 407 g/mol. The Morgan fingerprint density at radius 1 is 0.933 bits per heavy atom. The molecule has 0 fully saturated rings. The third-order valence-electron chi connectivity index (χ3n) is 4.39. The van der Waals surface area contributed by atoms with E-state index in [0.29, 0.717) is 36.3 Å². The van der Waals surface area contributed by atoms with Gasteiger partial charge in [-0.3, -0.25) is 4.98 Å². The second kappa shape index (κ2) is 10.3. The van der Waals surface area contributed by atoms with Gasteiger partial charge in [-0.05, 0) is 54.8 Å². The Morgan fingerprint density at radius 2 is 1.73 bits per heavy atom. The van der Waals surface area contributed by atoms with Gasteiger partial charge >= 0.3 is 5.97 Å². The number of carbonyl (C=O) groups is 2. The van der Waals surface area contributed by atoms with Gasteiger partial charge in [-0.1, -0.05) is 24.3 Å². The molecule has 1 heterocycles. The van der Waals surface area contributed by atoms with Crippen molar-refractivity contribution in [3.63, 3.8) is 0 Å². The maximum atomic E-state index is 13.2. The minimum atomic E-state index is -0.504. The number of Topliss-reactive ketones (excluding diaryl/α,β-unsaturated/α-hetero) is 1. The molecule has 0 aliphatic heterocycles. The molecule has 0 saturated heterocycles. The van der Waals surface area contributed by atoms with Crippen LogP contribution in [0, 0.1) is 5.82 Å². The number of aryl methyl sites for hydroxylation is 1. The first-order valence-electron chi connectivity index (χ1n) is 9.56. The van der Waals surface area contributed by atoms with E-state index in [4.69, 9.17) is 9.47 Å². The van der Waals surface area contributed by atoms with E-state index in [0.717, 1.165) is 17.3 Å². The van der Waals surface area contributed by atoms with E-state index in [1.807, 2.05) is 30.3 Å². The highest BCUT2D eigenvalue weighted by Gasteiger charge is 2.09. The highest BCUT2D eigenvalue weighted by atomic mass is 19.1. The zero-order chi connectivity index (χ0) is 21.3. The van der Waals surface area contributed by atoms with Crippen molar-refractivity contribution in [3.05, 3.63) is 95.1 Å². The highest BCUT2D eigenvalue weighted by molar-refractivity contribution is 5.89. The van der Waals surface area contributed by atoms with Crippen LogP contribution in [-0.4, -0.2) is 16.7 Å². The molecule has 0 atom stereocenters. The lowest BCUT2D eigenvalue weighted by atomic mass is 10.1. The third kappa shape index (κ3) is 6.51. The van der Waals surface area contributed by atoms with Crippen molar-refractivity contribution in [1.82, 2.24) is 4.98 Å². The van der Waals surface area contributed by atoms with Crippen LogP contribution in [0.25, 0.3) is 0 Å². The summed E-state index contributed by atoms with van der Waals surface area (Å²) in [7, 11) is 0. The molecule has 0 amide bonds. The van der Waals surface area contributed by atoms with Crippen LogP contribution < -0.4 is 4.74 Å². The predicted molar refractivity (Wildman–Crippen MR) is 110 cm³/mol. The van der Waals surface area contributed by atoms with Crippen LogP contribution in [0.2, 0.25) is 0 Å². The van der Waals surface area contributed by atoms with Gasteiger partial charge in [0.05, 0.1) is 11.8 Å². The molecule has 0 unspecified atom stereocenters. The van der Waals surface area contributed by atoms with E-state index in [1.165, 1.54) is 12.3 Å². The van der Waals surface area contributed by atoms with Crippen molar-refractivity contribution < 1.29 is 23.5 Å². The van der Waals surface area contributed by atoms with Crippen molar-refractivity contribution in [3.8, 4) is 5.75 Å². The molecule has 0 radical (unpaired) electrons. The van der Waals surface area contributed by atoms with Crippen LogP contribution in [0.15, 0.2) is 67.0 Å². The second-order valence-electron chi connectivity index (χ2n) is 6.92. The summed E-state index contributed by atoms with van der Waals surface area (Å²) in [5, 5.41) is 0. The summed E-state index contributed by atoms with van der Waals surface area (Å²) in [6, 6.07) is 15.8. The highest BCUT2D eigenvalue weighted by Crippen LogP contribution is 2.16. The number of ether oxygens (including phenoxy) is 2. The van der Waals surface area contributed by atoms with Crippen LogP contribution in [0.3, 0.4) is 0 Å². The van der Waals surface area contributed by atoms with Crippen molar-refractivity contribution in [2.24, 2.45) is 0 Å². The molecule has 1 aromatic heterocycles. The molecule has 5 nitrogen and oxygen atoms in total. The van der Waals surface area contributed by atoms with E-state index in [1.54, 1.807) is 25.1 Å². The lowest BCUT2D eigenvalue weighted by molar-refractivity contribution is -0.116. The Kier molecular flexibility index (Phi) is 7.27.